The molecule has 1 aromatic heterocycles. The van der Waals surface area contributed by atoms with Gasteiger partial charge in [0.1, 0.15) is 0 Å². The molecule has 1 N–H and O–H groups in total. The van der Waals surface area contributed by atoms with Crippen LogP contribution in [0.5, 0.6) is 5.75 Å². The highest BCUT2D eigenvalue weighted by atomic mass is 16.5. The summed E-state index contributed by atoms with van der Waals surface area (Å²) in [5.74, 6) is 0.364. The van der Waals surface area contributed by atoms with Crippen molar-refractivity contribution >= 4 is 0 Å². The van der Waals surface area contributed by atoms with Crippen LogP contribution in [0.3, 0.4) is 0 Å². The SMILES string of the molecule is CC1(COc2ccn[nH]c2=O)CC1. The molecule has 1 aliphatic carbocycles. The first-order valence-corrected chi connectivity index (χ1v) is 4.36. The van der Waals surface area contributed by atoms with Gasteiger partial charge in [-0.1, -0.05) is 6.92 Å². The average molecular weight is 180 g/mol. The Morgan fingerprint density at radius 1 is 1.69 bits per heavy atom. The normalized spacial score (nSPS) is 18.2. The zero-order chi connectivity index (χ0) is 9.31. The van der Waals surface area contributed by atoms with Crippen LogP contribution >= 0.6 is 0 Å². The largest absolute Gasteiger partial charge is 0.487 e. The molecular weight excluding hydrogens is 168 g/mol. The summed E-state index contributed by atoms with van der Waals surface area (Å²) in [6, 6.07) is 1.59. The molecule has 0 amide bonds. The maximum atomic E-state index is 11.1. The smallest absolute Gasteiger partial charge is 0.306 e. The Hall–Kier alpha value is -1.32. The van der Waals surface area contributed by atoms with Crippen molar-refractivity contribution in [2.24, 2.45) is 5.41 Å². The Labute approximate surface area is 75.9 Å². The molecule has 1 saturated carbocycles. The lowest BCUT2D eigenvalue weighted by atomic mass is 10.2. The van der Waals surface area contributed by atoms with Crippen molar-refractivity contribution in [3.8, 4) is 5.75 Å². The highest BCUT2D eigenvalue weighted by molar-refractivity contribution is 5.13. The molecule has 0 atom stereocenters. The molecule has 1 fully saturated rings. The summed E-state index contributed by atoms with van der Waals surface area (Å²) in [7, 11) is 0. The molecule has 13 heavy (non-hydrogen) atoms. The molecular formula is C9H12N2O2. The standard InChI is InChI=1S/C9H12N2O2/c1-9(3-4-9)6-13-7-2-5-10-11-8(7)12/h2,5H,3-4,6H2,1H3,(H,11,12). The zero-order valence-electron chi connectivity index (χ0n) is 7.54. The number of hydrogen-bond acceptors (Lipinski definition) is 3. The predicted octanol–water partition coefficient (Wildman–Crippen LogP) is 0.949. The molecule has 4 nitrogen and oxygen atoms in total. The Morgan fingerprint density at radius 3 is 3.08 bits per heavy atom. The second kappa shape index (κ2) is 2.87. The number of rotatable bonds is 3. The van der Waals surface area contributed by atoms with Gasteiger partial charge in [-0.05, 0) is 12.8 Å². The molecule has 1 aliphatic rings. The van der Waals surface area contributed by atoms with E-state index in [9.17, 15) is 4.79 Å². The number of aromatic nitrogens is 2. The topological polar surface area (TPSA) is 55.0 Å². The number of nitrogens with one attached hydrogen (secondary N) is 1. The van der Waals surface area contributed by atoms with Crippen molar-refractivity contribution in [3.63, 3.8) is 0 Å². The van der Waals surface area contributed by atoms with Crippen LogP contribution in [0.15, 0.2) is 17.1 Å². The Balaban J connectivity index is 2.02. The van der Waals surface area contributed by atoms with E-state index in [4.69, 9.17) is 4.74 Å². The van der Waals surface area contributed by atoms with Crippen LogP contribution in [-0.4, -0.2) is 16.8 Å². The number of ether oxygens (including phenoxy) is 1. The summed E-state index contributed by atoms with van der Waals surface area (Å²) in [6.45, 7) is 2.78. The molecule has 0 aliphatic heterocycles. The molecule has 0 bridgehead atoms. The molecule has 1 aromatic rings. The Morgan fingerprint density at radius 2 is 2.46 bits per heavy atom. The van der Waals surface area contributed by atoms with Gasteiger partial charge in [0.25, 0.3) is 0 Å². The molecule has 70 valence electrons. The van der Waals surface area contributed by atoms with Gasteiger partial charge >= 0.3 is 5.56 Å². The van der Waals surface area contributed by atoms with Gasteiger partial charge in [0.2, 0.25) is 0 Å². The van der Waals surface area contributed by atoms with Crippen LogP contribution in [0.4, 0.5) is 0 Å². The summed E-state index contributed by atoms with van der Waals surface area (Å²) in [5.41, 5.74) is 0.0437. The molecule has 1 heterocycles. The number of nitrogens with zero attached hydrogens (tertiary/aromatic N) is 1. The summed E-state index contributed by atoms with van der Waals surface area (Å²) in [4.78, 5) is 11.1. The van der Waals surface area contributed by atoms with E-state index in [2.05, 4.69) is 17.1 Å². The van der Waals surface area contributed by atoms with E-state index < -0.39 is 0 Å². The minimum absolute atomic E-state index is 0.258. The quantitative estimate of drug-likeness (QED) is 0.753. The predicted molar refractivity (Wildman–Crippen MR) is 47.7 cm³/mol. The fourth-order valence-corrected chi connectivity index (χ4v) is 1.06. The molecule has 4 heteroatoms. The van der Waals surface area contributed by atoms with E-state index in [1.165, 1.54) is 19.0 Å². The summed E-state index contributed by atoms with van der Waals surface area (Å²) in [6.07, 6.45) is 3.90. The first-order chi connectivity index (χ1) is 6.20. The Kier molecular flexibility index (Phi) is 1.83. The lowest BCUT2D eigenvalue weighted by molar-refractivity contribution is 0.244. The third kappa shape index (κ3) is 1.88. The van der Waals surface area contributed by atoms with Gasteiger partial charge in [0.15, 0.2) is 5.75 Å². The van der Waals surface area contributed by atoms with E-state index in [1.807, 2.05) is 0 Å². The monoisotopic (exact) mass is 180 g/mol. The summed E-state index contributed by atoms with van der Waals surface area (Å²) >= 11 is 0. The fraction of sp³-hybridized carbons (Fsp3) is 0.556. The maximum absolute atomic E-state index is 11.1. The lowest BCUT2D eigenvalue weighted by Crippen LogP contribution is -2.16. The minimum Gasteiger partial charge on any atom is -0.487 e. The number of hydrogen-bond donors (Lipinski definition) is 1. The third-order valence-electron chi connectivity index (χ3n) is 2.37. The summed E-state index contributed by atoms with van der Waals surface area (Å²) in [5, 5.41) is 5.91. The highest BCUT2D eigenvalue weighted by Gasteiger charge is 2.38. The van der Waals surface area contributed by atoms with Gasteiger partial charge in [-0.3, -0.25) is 4.79 Å². The average Bonchev–Trinajstić information content (AvgIpc) is 2.83. The first kappa shape index (κ1) is 8.29. The van der Waals surface area contributed by atoms with E-state index in [-0.39, 0.29) is 5.56 Å². The van der Waals surface area contributed by atoms with Crippen LogP contribution in [0, 0.1) is 5.41 Å². The van der Waals surface area contributed by atoms with Crippen molar-refractivity contribution in [1.82, 2.24) is 10.2 Å². The minimum atomic E-state index is -0.258. The van der Waals surface area contributed by atoms with Crippen LogP contribution < -0.4 is 10.3 Å². The molecule has 0 aromatic carbocycles. The van der Waals surface area contributed by atoms with Crippen LogP contribution in [-0.2, 0) is 0 Å². The lowest BCUT2D eigenvalue weighted by Gasteiger charge is -2.08. The van der Waals surface area contributed by atoms with Crippen molar-refractivity contribution in [1.29, 1.82) is 0 Å². The second-order valence-corrected chi connectivity index (χ2v) is 3.85. The van der Waals surface area contributed by atoms with Gasteiger partial charge in [0.05, 0.1) is 12.8 Å². The van der Waals surface area contributed by atoms with Crippen molar-refractivity contribution in [2.75, 3.05) is 6.61 Å². The third-order valence-corrected chi connectivity index (χ3v) is 2.37. The number of aromatic amines is 1. The summed E-state index contributed by atoms with van der Waals surface area (Å²) < 4.78 is 5.38. The van der Waals surface area contributed by atoms with Crippen LogP contribution in [0.1, 0.15) is 19.8 Å². The van der Waals surface area contributed by atoms with Gasteiger partial charge in [-0.2, -0.15) is 5.10 Å². The van der Waals surface area contributed by atoms with E-state index in [0.717, 1.165) is 0 Å². The van der Waals surface area contributed by atoms with Gasteiger partial charge in [0, 0.05) is 11.5 Å². The first-order valence-electron chi connectivity index (χ1n) is 4.36. The second-order valence-electron chi connectivity index (χ2n) is 3.85. The molecule has 2 rings (SSSR count). The van der Waals surface area contributed by atoms with Crippen molar-refractivity contribution in [3.05, 3.63) is 22.6 Å². The van der Waals surface area contributed by atoms with E-state index in [1.54, 1.807) is 6.07 Å². The van der Waals surface area contributed by atoms with Gasteiger partial charge < -0.3 is 4.74 Å². The van der Waals surface area contributed by atoms with E-state index in [0.29, 0.717) is 17.8 Å². The van der Waals surface area contributed by atoms with Gasteiger partial charge in [-0.15, -0.1) is 0 Å². The molecule has 0 spiro atoms. The Bertz CT molecular complexity index is 355. The molecule has 0 unspecified atom stereocenters. The van der Waals surface area contributed by atoms with Gasteiger partial charge in [-0.25, -0.2) is 5.10 Å². The van der Waals surface area contributed by atoms with Crippen LogP contribution in [0.2, 0.25) is 0 Å². The molecule has 0 saturated heterocycles. The van der Waals surface area contributed by atoms with Crippen molar-refractivity contribution in [2.45, 2.75) is 19.8 Å². The maximum Gasteiger partial charge on any atom is 0.306 e. The van der Waals surface area contributed by atoms with E-state index >= 15 is 0 Å². The number of H-pyrrole nitrogens is 1. The molecule has 0 radical (unpaired) electrons. The van der Waals surface area contributed by atoms with Crippen LogP contribution in [0.25, 0.3) is 0 Å². The highest BCUT2D eigenvalue weighted by Crippen LogP contribution is 2.44. The fourth-order valence-electron chi connectivity index (χ4n) is 1.06. The zero-order valence-corrected chi connectivity index (χ0v) is 7.54. The van der Waals surface area contributed by atoms with Crippen molar-refractivity contribution < 1.29 is 4.74 Å².